The number of carbonyl (C=O) groups excluding carboxylic acids is 1. The molecule has 2 rings (SSSR count). The summed E-state index contributed by atoms with van der Waals surface area (Å²) in [5, 5.41) is 13.3. The molecule has 5 nitrogen and oxygen atoms in total. The minimum atomic E-state index is -1.01. The van der Waals surface area contributed by atoms with Crippen LogP contribution in [-0.4, -0.2) is 28.0 Å². The summed E-state index contributed by atoms with van der Waals surface area (Å²) in [5.41, 5.74) is 1.69. The Bertz CT molecular complexity index is 696. The Morgan fingerprint density at radius 1 is 1.41 bits per heavy atom. The van der Waals surface area contributed by atoms with Gasteiger partial charge < -0.3 is 15.4 Å². The third-order valence-corrected chi connectivity index (χ3v) is 4.11. The van der Waals surface area contributed by atoms with Crippen molar-refractivity contribution in [2.45, 2.75) is 32.7 Å². The van der Waals surface area contributed by atoms with Crippen molar-refractivity contribution in [3.63, 3.8) is 0 Å². The molecular formula is C16H19ClN2O3. The molecule has 2 atom stereocenters. The number of amides is 1. The summed E-state index contributed by atoms with van der Waals surface area (Å²) in [7, 11) is 0. The van der Waals surface area contributed by atoms with Crippen LogP contribution in [0.3, 0.4) is 0 Å². The number of hydrogen-bond acceptors (Lipinski definition) is 2. The van der Waals surface area contributed by atoms with Crippen molar-refractivity contribution in [1.82, 2.24) is 10.3 Å². The van der Waals surface area contributed by atoms with Gasteiger partial charge >= 0.3 is 5.97 Å². The molecule has 0 saturated heterocycles. The number of aliphatic carboxylic acids is 1. The zero-order valence-corrected chi connectivity index (χ0v) is 13.3. The molecule has 2 unspecified atom stereocenters. The highest BCUT2D eigenvalue weighted by Crippen LogP contribution is 2.22. The largest absolute Gasteiger partial charge is 0.480 e. The highest BCUT2D eigenvalue weighted by molar-refractivity contribution is 6.31. The molecule has 0 spiro atoms. The van der Waals surface area contributed by atoms with Gasteiger partial charge in [-0.25, -0.2) is 4.79 Å². The van der Waals surface area contributed by atoms with E-state index in [0.717, 1.165) is 16.5 Å². The van der Waals surface area contributed by atoms with Gasteiger partial charge in [-0.3, -0.25) is 4.79 Å². The van der Waals surface area contributed by atoms with Crippen LogP contribution in [0.4, 0.5) is 0 Å². The van der Waals surface area contributed by atoms with Crippen LogP contribution in [0.1, 0.15) is 25.8 Å². The first-order valence-corrected chi connectivity index (χ1v) is 7.57. The van der Waals surface area contributed by atoms with E-state index < -0.39 is 12.0 Å². The van der Waals surface area contributed by atoms with Gasteiger partial charge in [-0.15, -0.1) is 0 Å². The Morgan fingerprint density at radius 3 is 2.77 bits per heavy atom. The van der Waals surface area contributed by atoms with Gasteiger partial charge in [0, 0.05) is 22.1 Å². The first-order chi connectivity index (χ1) is 10.4. The van der Waals surface area contributed by atoms with Crippen molar-refractivity contribution in [2.75, 3.05) is 0 Å². The van der Waals surface area contributed by atoms with Crippen molar-refractivity contribution in [3.8, 4) is 0 Å². The summed E-state index contributed by atoms with van der Waals surface area (Å²) in [6.07, 6.45) is 2.54. The van der Waals surface area contributed by atoms with Gasteiger partial charge in [0.25, 0.3) is 0 Å². The van der Waals surface area contributed by atoms with E-state index in [4.69, 9.17) is 11.6 Å². The molecule has 1 heterocycles. The molecule has 1 aromatic heterocycles. The number of benzene rings is 1. The molecule has 3 N–H and O–H groups in total. The predicted octanol–water partition coefficient (Wildman–Crippen LogP) is 2.98. The first kappa shape index (κ1) is 16.4. The average Bonchev–Trinajstić information content (AvgIpc) is 2.86. The topological polar surface area (TPSA) is 82.2 Å². The van der Waals surface area contributed by atoms with Gasteiger partial charge in [0.05, 0.1) is 6.42 Å². The van der Waals surface area contributed by atoms with E-state index in [0.29, 0.717) is 11.4 Å². The molecule has 118 valence electrons. The van der Waals surface area contributed by atoms with E-state index in [2.05, 4.69) is 10.3 Å². The van der Waals surface area contributed by atoms with Gasteiger partial charge in [-0.1, -0.05) is 31.9 Å². The van der Waals surface area contributed by atoms with Crippen molar-refractivity contribution < 1.29 is 14.7 Å². The number of fused-ring (bicyclic) bond motifs is 1. The molecule has 0 fully saturated rings. The number of rotatable bonds is 6. The predicted molar refractivity (Wildman–Crippen MR) is 86.0 cm³/mol. The fourth-order valence-electron chi connectivity index (χ4n) is 2.38. The lowest BCUT2D eigenvalue weighted by atomic mass is 9.99. The smallest absolute Gasteiger partial charge is 0.326 e. The van der Waals surface area contributed by atoms with Crippen LogP contribution >= 0.6 is 11.6 Å². The number of aromatic amines is 1. The van der Waals surface area contributed by atoms with Crippen LogP contribution < -0.4 is 5.32 Å². The SMILES string of the molecule is CCC(C)C(NC(=O)Cc1c[nH]c2ccc(Cl)cc12)C(=O)O. The second-order valence-corrected chi connectivity index (χ2v) is 5.89. The van der Waals surface area contributed by atoms with E-state index in [1.165, 1.54) is 0 Å². The van der Waals surface area contributed by atoms with Crippen molar-refractivity contribution in [1.29, 1.82) is 0 Å². The summed E-state index contributed by atoms with van der Waals surface area (Å²) in [5.74, 6) is -1.45. The van der Waals surface area contributed by atoms with Crippen molar-refractivity contribution in [2.24, 2.45) is 5.92 Å². The average molecular weight is 323 g/mol. The van der Waals surface area contributed by atoms with Crippen LogP contribution in [0.5, 0.6) is 0 Å². The van der Waals surface area contributed by atoms with E-state index in [-0.39, 0.29) is 18.2 Å². The lowest BCUT2D eigenvalue weighted by Crippen LogP contribution is -2.45. The van der Waals surface area contributed by atoms with Crippen LogP contribution in [-0.2, 0) is 16.0 Å². The molecular weight excluding hydrogens is 304 g/mol. The number of nitrogens with one attached hydrogen (secondary N) is 2. The maximum atomic E-state index is 12.2. The molecule has 0 saturated carbocycles. The van der Waals surface area contributed by atoms with Crippen LogP contribution in [0, 0.1) is 5.92 Å². The summed E-state index contributed by atoms with van der Waals surface area (Å²) >= 11 is 5.98. The molecule has 0 aliphatic carbocycles. The third kappa shape index (κ3) is 3.60. The summed E-state index contributed by atoms with van der Waals surface area (Å²) in [4.78, 5) is 26.5. The maximum Gasteiger partial charge on any atom is 0.326 e. The molecule has 0 bridgehead atoms. The van der Waals surface area contributed by atoms with Gasteiger partial charge in [0.1, 0.15) is 6.04 Å². The quantitative estimate of drug-likeness (QED) is 0.764. The normalized spacial score (nSPS) is 13.8. The lowest BCUT2D eigenvalue weighted by molar-refractivity contribution is -0.143. The molecule has 22 heavy (non-hydrogen) atoms. The monoisotopic (exact) mass is 322 g/mol. The number of carboxylic acids is 1. The molecule has 0 aliphatic heterocycles. The molecule has 1 amide bonds. The Balaban J connectivity index is 2.13. The van der Waals surface area contributed by atoms with E-state index in [1.807, 2.05) is 19.9 Å². The Kier molecular flexibility index (Phi) is 5.08. The Morgan fingerprint density at radius 2 is 2.14 bits per heavy atom. The molecule has 2 aromatic rings. The van der Waals surface area contributed by atoms with Crippen LogP contribution in [0.25, 0.3) is 10.9 Å². The highest BCUT2D eigenvalue weighted by Gasteiger charge is 2.25. The Labute approximate surface area is 133 Å². The number of aromatic nitrogens is 1. The second-order valence-electron chi connectivity index (χ2n) is 5.45. The van der Waals surface area contributed by atoms with Gasteiger partial charge in [-0.05, 0) is 29.7 Å². The lowest BCUT2D eigenvalue weighted by Gasteiger charge is -2.20. The maximum absolute atomic E-state index is 12.2. The van der Waals surface area contributed by atoms with Gasteiger partial charge in [0.2, 0.25) is 5.91 Å². The summed E-state index contributed by atoms with van der Waals surface area (Å²) in [6, 6.07) is 4.54. The molecule has 6 heteroatoms. The van der Waals surface area contributed by atoms with E-state index >= 15 is 0 Å². The fourth-order valence-corrected chi connectivity index (χ4v) is 2.55. The minimum Gasteiger partial charge on any atom is -0.480 e. The molecule has 0 radical (unpaired) electrons. The van der Waals surface area contributed by atoms with Crippen LogP contribution in [0.15, 0.2) is 24.4 Å². The number of carbonyl (C=O) groups is 2. The number of carboxylic acid groups (broad SMARTS) is 1. The zero-order chi connectivity index (χ0) is 16.3. The van der Waals surface area contributed by atoms with E-state index in [1.54, 1.807) is 18.3 Å². The van der Waals surface area contributed by atoms with Gasteiger partial charge in [-0.2, -0.15) is 0 Å². The molecule has 1 aromatic carbocycles. The van der Waals surface area contributed by atoms with Crippen molar-refractivity contribution in [3.05, 3.63) is 35.0 Å². The Hall–Kier alpha value is -2.01. The van der Waals surface area contributed by atoms with Crippen LogP contribution in [0.2, 0.25) is 5.02 Å². The standard InChI is InChI=1S/C16H19ClN2O3/c1-3-9(2)15(16(21)22)19-14(20)6-10-8-18-13-5-4-11(17)7-12(10)13/h4-5,7-9,15,18H,3,6H2,1-2H3,(H,19,20)(H,21,22). The third-order valence-electron chi connectivity index (χ3n) is 3.88. The first-order valence-electron chi connectivity index (χ1n) is 7.20. The highest BCUT2D eigenvalue weighted by atomic mass is 35.5. The number of hydrogen-bond donors (Lipinski definition) is 3. The number of H-pyrrole nitrogens is 1. The zero-order valence-electron chi connectivity index (χ0n) is 12.5. The summed E-state index contributed by atoms with van der Waals surface area (Å²) in [6.45, 7) is 3.71. The second kappa shape index (κ2) is 6.83. The van der Waals surface area contributed by atoms with Gasteiger partial charge in [0.15, 0.2) is 0 Å². The summed E-state index contributed by atoms with van der Waals surface area (Å²) < 4.78 is 0. The number of halogens is 1. The minimum absolute atomic E-state index is 0.112. The van der Waals surface area contributed by atoms with Crippen molar-refractivity contribution >= 4 is 34.4 Å². The molecule has 0 aliphatic rings. The van der Waals surface area contributed by atoms with E-state index in [9.17, 15) is 14.7 Å². The fraction of sp³-hybridized carbons (Fsp3) is 0.375.